The van der Waals surface area contributed by atoms with Gasteiger partial charge in [0.15, 0.2) is 11.5 Å². The fourth-order valence-electron chi connectivity index (χ4n) is 5.44. The number of rotatable bonds is 6. The second-order valence-corrected chi connectivity index (χ2v) is 8.43. The molecule has 0 aromatic heterocycles. The number of carbonyl (C=O) groups excluding carboxylic acids is 2. The van der Waals surface area contributed by atoms with Crippen molar-refractivity contribution in [3.63, 3.8) is 0 Å². The molecule has 1 aliphatic heterocycles. The predicted octanol–water partition coefficient (Wildman–Crippen LogP) is 5.07. The Hall–Kier alpha value is -1.64. The largest absolute Gasteiger partial charge is 0.482 e. The molecule has 2 saturated carbocycles. The van der Waals surface area contributed by atoms with E-state index in [4.69, 9.17) is 4.74 Å². The van der Waals surface area contributed by atoms with Crippen molar-refractivity contribution in [3.05, 3.63) is 35.6 Å². The highest BCUT2D eigenvalue weighted by Gasteiger charge is 2.38. The molecule has 4 unspecified atom stereocenters. The van der Waals surface area contributed by atoms with Gasteiger partial charge in [-0.1, -0.05) is 50.3 Å². The number of Topliss-reactive ketones (excluding diaryl/α,β-unsaturated/α-hetero) is 2. The number of carbonyl (C=O) groups is 2. The van der Waals surface area contributed by atoms with Gasteiger partial charge in [0, 0.05) is 25.2 Å². The topological polar surface area (TPSA) is 43.4 Å². The van der Waals surface area contributed by atoms with Crippen LogP contribution < -0.4 is 0 Å². The molecule has 4 atom stereocenters. The Bertz CT molecular complexity index is 652. The van der Waals surface area contributed by atoms with Crippen LogP contribution in [0, 0.1) is 17.8 Å². The van der Waals surface area contributed by atoms with Gasteiger partial charge in [0.25, 0.3) is 0 Å². The van der Waals surface area contributed by atoms with Crippen LogP contribution in [0.5, 0.6) is 0 Å². The van der Waals surface area contributed by atoms with E-state index in [1.807, 2.05) is 18.2 Å². The van der Waals surface area contributed by atoms with Crippen molar-refractivity contribution in [2.45, 2.75) is 76.7 Å². The highest BCUT2D eigenvalue weighted by Crippen LogP contribution is 2.44. The van der Waals surface area contributed by atoms with Gasteiger partial charge in [0.05, 0.1) is 0 Å². The van der Waals surface area contributed by atoms with Crippen LogP contribution in [0.2, 0.25) is 0 Å². The summed E-state index contributed by atoms with van der Waals surface area (Å²) in [4.78, 5) is 25.2. The summed E-state index contributed by atoms with van der Waals surface area (Å²) in [5.74, 6) is 2.63. The van der Waals surface area contributed by atoms with E-state index >= 15 is 0 Å². The molecule has 0 saturated heterocycles. The van der Waals surface area contributed by atoms with E-state index in [2.05, 4.69) is 6.08 Å². The Labute approximate surface area is 156 Å². The Kier molecular flexibility index (Phi) is 5.42. The standard InChI is InChI=1S/C23H30O3/c24-20(19-11-5-9-16-7-1-3-10-18(16)19)12-6-13-21(25)23-15-17-8-2-4-14-22(17)26-23/h2,4,8,15-16,18-19,22H,1,3,5-7,9-14H2. The second-order valence-electron chi connectivity index (χ2n) is 8.43. The average molecular weight is 354 g/mol. The van der Waals surface area contributed by atoms with E-state index in [0.29, 0.717) is 36.7 Å². The molecular weight excluding hydrogens is 324 g/mol. The lowest BCUT2D eigenvalue weighted by molar-refractivity contribution is -0.127. The third-order valence-electron chi connectivity index (χ3n) is 6.80. The zero-order valence-corrected chi connectivity index (χ0v) is 15.6. The van der Waals surface area contributed by atoms with Gasteiger partial charge in [-0.05, 0) is 42.7 Å². The van der Waals surface area contributed by atoms with Gasteiger partial charge in [0.1, 0.15) is 11.9 Å². The zero-order chi connectivity index (χ0) is 17.9. The van der Waals surface area contributed by atoms with Gasteiger partial charge in [-0.2, -0.15) is 0 Å². The van der Waals surface area contributed by atoms with Crippen LogP contribution in [-0.2, 0) is 14.3 Å². The van der Waals surface area contributed by atoms with E-state index in [1.54, 1.807) is 0 Å². The molecule has 0 N–H and O–H groups in total. The normalized spacial score (nSPS) is 32.8. The minimum absolute atomic E-state index is 0.0195. The smallest absolute Gasteiger partial charge is 0.197 e. The molecule has 2 fully saturated rings. The van der Waals surface area contributed by atoms with Crippen molar-refractivity contribution in [1.29, 1.82) is 0 Å². The summed E-state index contributed by atoms with van der Waals surface area (Å²) in [6.45, 7) is 0. The molecule has 0 bridgehead atoms. The lowest BCUT2D eigenvalue weighted by Crippen LogP contribution is -2.35. The molecule has 140 valence electrons. The summed E-state index contributed by atoms with van der Waals surface area (Å²) >= 11 is 0. The van der Waals surface area contributed by atoms with Gasteiger partial charge in [0.2, 0.25) is 0 Å². The van der Waals surface area contributed by atoms with Gasteiger partial charge in [-0.3, -0.25) is 9.59 Å². The molecule has 3 nitrogen and oxygen atoms in total. The molecule has 4 rings (SSSR count). The van der Waals surface area contributed by atoms with Gasteiger partial charge in [-0.25, -0.2) is 0 Å². The van der Waals surface area contributed by atoms with E-state index in [9.17, 15) is 9.59 Å². The van der Waals surface area contributed by atoms with Crippen molar-refractivity contribution in [2.75, 3.05) is 0 Å². The van der Waals surface area contributed by atoms with Crippen LogP contribution >= 0.6 is 0 Å². The molecule has 0 aromatic carbocycles. The molecule has 26 heavy (non-hydrogen) atoms. The van der Waals surface area contributed by atoms with Crippen LogP contribution in [0.4, 0.5) is 0 Å². The summed E-state index contributed by atoms with van der Waals surface area (Å²) in [5.41, 5.74) is 1.09. The first-order chi connectivity index (χ1) is 12.7. The van der Waals surface area contributed by atoms with E-state index in [0.717, 1.165) is 24.3 Å². The molecule has 3 heteroatoms. The number of hydrogen-bond acceptors (Lipinski definition) is 3. The second kappa shape index (κ2) is 7.94. The number of hydrogen-bond donors (Lipinski definition) is 0. The van der Waals surface area contributed by atoms with Crippen LogP contribution in [0.1, 0.15) is 70.6 Å². The Morgan fingerprint density at radius 1 is 1.04 bits per heavy atom. The average Bonchev–Trinajstić information content (AvgIpc) is 3.11. The molecule has 0 spiro atoms. The fourth-order valence-corrected chi connectivity index (χ4v) is 5.44. The summed E-state index contributed by atoms with van der Waals surface area (Å²) in [5, 5.41) is 0. The van der Waals surface area contributed by atoms with E-state index in [-0.39, 0.29) is 17.8 Å². The van der Waals surface area contributed by atoms with Crippen molar-refractivity contribution in [3.8, 4) is 0 Å². The Morgan fingerprint density at radius 2 is 1.88 bits per heavy atom. The van der Waals surface area contributed by atoms with Gasteiger partial charge in [-0.15, -0.1) is 0 Å². The molecule has 0 amide bonds. The number of allylic oxidation sites excluding steroid dienone is 3. The molecule has 0 aromatic rings. The van der Waals surface area contributed by atoms with Crippen LogP contribution in [-0.4, -0.2) is 17.7 Å². The lowest BCUT2D eigenvalue weighted by atomic mass is 9.64. The predicted molar refractivity (Wildman–Crippen MR) is 101 cm³/mol. The zero-order valence-electron chi connectivity index (χ0n) is 15.6. The van der Waals surface area contributed by atoms with Crippen LogP contribution in [0.3, 0.4) is 0 Å². The number of fused-ring (bicyclic) bond motifs is 2. The summed E-state index contributed by atoms with van der Waals surface area (Å²) in [7, 11) is 0. The minimum atomic E-state index is 0.0195. The highest BCUT2D eigenvalue weighted by molar-refractivity contribution is 5.95. The Balaban J connectivity index is 1.26. The fraction of sp³-hybridized carbons (Fsp3) is 0.652. The first-order valence-corrected chi connectivity index (χ1v) is 10.5. The van der Waals surface area contributed by atoms with Crippen molar-refractivity contribution >= 4 is 11.6 Å². The van der Waals surface area contributed by atoms with Gasteiger partial charge >= 0.3 is 0 Å². The molecule has 0 radical (unpaired) electrons. The summed E-state index contributed by atoms with van der Waals surface area (Å²) in [6, 6.07) is 0. The van der Waals surface area contributed by atoms with Crippen molar-refractivity contribution in [2.24, 2.45) is 17.8 Å². The first-order valence-electron chi connectivity index (χ1n) is 10.5. The van der Waals surface area contributed by atoms with Crippen LogP contribution in [0.25, 0.3) is 0 Å². The molecule has 1 heterocycles. The molecule has 3 aliphatic carbocycles. The van der Waals surface area contributed by atoms with Crippen molar-refractivity contribution < 1.29 is 14.3 Å². The minimum Gasteiger partial charge on any atom is -0.482 e. The lowest BCUT2D eigenvalue weighted by Gasteiger charge is -2.40. The first kappa shape index (κ1) is 17.8. The third kappa shape index (κ3) is 3.72. The Morgan fingerprint density at radius 3 is 2.77 bits per heavy atom. The maximum absolute atomic E-state index is 12.8. The quantitative estimate of drug-likeness (QED) is 0.669. The van der Waals surface area contributed by atoms with Gasteiger partial charge < -0.3 is 4.74 Å². The highest BCUT2D eigenvalue weighted by atomic mass is 16.5. The molecule has 4 aliphatic rings. The van der Waals surface area contributed by atoms with E-state index in [1.165, 1.54) is 38.5 Å². The number of ketones is 2. The summed E-state index contributed by atoms with van der Waals surface area (Å²) < 4.78 is 5.78. The van der Waals surface area contributed by atoms with Crippen molar-refractivity contribution in [1.82, 2.24) is 0 Å². The SMILES string of the molecule is O=C(CCCC(=O)C1CCCC2CCCCC21)C1=CC2=CC=CCC2O1. The summed E-state index contributed by atoms with van der Waals surface area (Å²) in [6.07, 6.45) is 19.3. The monoisotopic (exact) mass is 354 g/mol. The third-order valence-corrected chi connectivity index (χ3v) is 6.80. The molecular formula is C23H30O3. The maximum Gasteiger partial charge on any atom is 0.197 e. The van der Waals surface area contributed by atoms with Crippen LogP contribution in [0.15, 0.2) is 35.6 Å². The maximum atomic E-state index is 12.8. The van der Waals surface area contributed by atoms with E-state index < -0.39 is 0 Å². The number of ether oxygens (including phenoxy) is 1.